The van der Waals surface area contributed by atoms with Gasteiger partial charge in [-0.3, -0.25) is 4.79 Å². The number of carbonyl (C=O) groups is 1. The van der Waals surface area contributed by atoms with E-state index < -0.39 is 11.1 Å². The van der Waals surface area contributed by atoms with Gasteiger partial charge in [0.2, 0.25) is 0 Å². The lowest BCUT2D eigenvalue weighted by atomic mass is 9.53. The summed E-state index contributed by atoms with van der Waals surface area (Å²) in [5.74, 6) is 5.14. The van der Waals surface area contributed by atoms with E-state index in [1.54, 1.807) is 24.3 Å². The minimum absolute atomic E-state index is 0.0735. The highest BCUT2D eigenvalue weighted by atomic mass is 32.2. The number of hydrogen-bond acceptors (Lipinski definition) is 3. The summed E-state index contributed by atoms with van der Waals surface area (Å²) in [6.07, 6.45) is 15.8. The standard InChI is InChI=1S/C17H21NO3S.C10H17N/c19-16(14-3-1-2-4-15(14)22(20)21)18-17-8-11-5-12(9-17)7-13(6-11)10-17;11-10-4-7-1-8(5-10)3-9(2-7)6-10/h1-4,11-13H,5-10H2,(H,18,19)(H,20,21);7-9H,1-6,11H2. The van der Waals surface area contributed by atoms with Gasteiger partial charge < -0.3 is 15.6 Å². The summed E-state index contributed by atoms with van der Waals surface area (Å²) in [4.78, 5) is 12.9. The van der Waals surface area contributed by atoms with Crippen molar-refractivity contribution in [1.82, 2.24) is 5.32 Å². The van der Waals surface area contributed by atoms with Crippen LogP contribution in [0.5, 0.6) is 0 Å². The number of carbonyl (C=O) groups excluding carboxylic acids is 1. The van der Waals surface area contributed by atoms with Crippen LogP contribution < -0.4 is 11.1 Å². The monoisotopic (exact) mass is 470 g/mol. The van der Waals surface area contributed by atoms with Crippen LogP contribution in [0, 0.1) is 35.5 Å². The fraction of sp³-hybridized carbons (Fsp3) is 0.741. The first-order chi connectivity index (χ1) is 15.8. The lowest BCUT2D eigenvalue weighted by Gasteiger charge is -2.56. The van der Waals surface area contributed by atoms with Crippen molar-refractivity contribution in [2.24, 2.45) is 41.2 Å². The second kappa shape index (κ2) is 8.17. The minimum atomic E-state index is -2.14. The summed E-state index contributed by atoms with van der Waals surface area (Å²) in [5.41, 5.74) is 6.88. The van der Waals surface area contributed by atoms with Gasteiger partial charge in [0.05, 0.1) is 10.5 Å². The fourth-order valence-corrected chi connectivity index (χ4v) is 10.1. The van der Waals surface area contributed by atoms with E-state index in [9.17, 15) is 13.6 Å². The van der Waals surface area contributed by atoms with Gasteiger partial charge in [-0.05, 0) is 125 Å². The Morgan fingerprint density at radius 1 is 0.818 bits per heavy atom. The molecule has 9 rings (SSSR count). The van der Waals surface area contributed by atoms with Crippen LogP contribution in [0.25, 0.3) is 0 Å². The Kier molecular flexibility index (Phi) is 5.50. The number of benzene rings is 1. The van der Waals surface area contributed by atoms with Gasteiger partial charge in [0.15, 0.2) is 11.1 Å². The summed E-state index contributed by atoms with van der Waals surface area (Å²) < 4.78 is 20.8. The van der Waals surface area contributed by atoms with Crippen molar-refractivity contribution in [3.8, 4) is 0 Å². The molecule has 0 aliphatic heterocycles. The summed E-state index contributed by atoms with van der Waals surface area (Å²) in [7, 11) is 0. The average molecular weight is 471 g/mol. The van der Waals surface area contributed by atoms with Gasteiger partial charge in [0.1, 0.15) is 0 Å². The highest BCUT2D eigenvalue weighted by Gasteiger charge is 2.52. The Balaban J connectivity index is 0.000000155. The van der Waals surface area contributed by atoms with Gasteiger partial charge in [-0.2, -0.15) is 0 Å². The molecular weight excluding hydrogens is 432 g/mol. The zero-order chi connectivity index (χ0) is 22.8. The van der Waals surface area contributed by atoms with Crippen LogP contribution in [-0.2, 0) is 11.1 Å². The molecule has 4 N–H and O–H groups in total. The Morgan fingerprint density at radius 2 is 1.24 bits per heavy atom. The van der Waals surface area contributed by atoms with E-state index in [0.717, 1.165) is 54.8 Å². The van der Waals surface area contributed by atoms with Gasteiger partial charge in [-0.25, -0.2) is 4.21 Å². The van der Waals surface area contributed by atoms with Crippen molar-refractivity contribution in [3.63, 3.8) is 0 Å². The van der Waals surface area contributed by atoms with E-state index in [-0.39, 0.29) is 16.3 Å². The number of amides is 1. The summed E-state index contributed by atoms with van der Waals surface area (Å²) >= 11 is -2.14. The van der Waals surface area contributed by atoms with Gasteiger partial charge >= 0.3 is 0 Å². The van der Waals surface area contributed by atoms with Crippen LogP contribution in [0.3, 0.4) is 0 Å². The number of nitrogens with two attached hydrogens (primary N) is 1. The quantitative estimate of drug-likeness (QED) is 0.549. The van der Waals surface area contributed by atoms with Crippen molar-refractivity contribution in [2.45, 2.75) is 93.0 Å². The molecule has 1 aromatic carbocycles. The molecule has 33 heavy (non-hydrogen) atoms. The predicted molar refractivity (Wildman–Crippen MR) is 129 cm³/mol. The molecule has 0 spiro atoms. The van der Waals surface area contributed by atoms with Gasteiger partial charge in [-0.15, -0.1) is 0 Å². The highest BCUT2D eigenvalue weighted by Crippen LogP contribution is 2.56. The van der Waals surface area contributed by atoms with Gasteiger partial charge in [0, 0.05) is 11.1 Å². The Bertz CT molecular complexity index is 890. The fourth-order valence-electron chi connectivity index (χ4n) is 9.56. The van der Waals surface area contributed by atoms with Crippen LogP contribution in [0.1, 0.15) is 87.4 Å². The molecule has 8 fully saturated rings. The Labute approximate surface area is 199 Å². The van der Waals surface area contributed by atoms with Crippen molar-refractivity contribution >= 4 is 17.0 Å². The molecule has 180 valence electrons. The SMILES string of the molecule is NC12CC3CC(CC(C3)C1)C2.O=C(NC12CC3CC(CC(C3)C1)C2)c1ccccc1S(=O)O. The van der Waals surface area contributed by atoms with Crippen LogP contribution in [0.4, 0.5) is 0 Å². The third-order valence-corrected chi connectivity index (χ3v) is 10.6. The molecule has 0 radical (unpaired) electrons. The molecule has 5 nitrogen and oxygen atoms in total. The second-order valence-corrected chi connectivity index (χ2v) is 13.6. The van der Waals surface area contributed by atoms with Crippen LogP contribution in [-0.4, -0.2) is 25.7 Å². The first-order valence-corrected chi connectivity index (χ1v) is 14.2. The summed E-state index contributed by atoms with van der Waals surface area (Å²) in [6, 6.07) is 6.61. The largest absolute Gasteiger partial charge is 0.347 e. The van der Waals surface area contributed by atoms with Gasteiger partial charge in [0.25, 0.3) is 5.91 Å². The molecule has 8 aliphatic rings. The van der Waals surface area contributed by atoms with E-state index >= 15 is 0 Å². The zero-order valence-electron chi connectivity index (χ0n) is 19.5. The van der Waals surface area contributed by atoms with Crippen LogP contribution in [0.15, 0.2) is 29.2 Å². The van der Waals surface area contributed by atoms with Crippen molar-refractivity contribution < 1.29 is 13.6 Å². The smallest absolute Gasteiger partial charge is 0.253 e. The summed E-state index contributed by atoms with van der Waals surface area (Å²) in [5, 5.41) is 3.25. The molecule has 8 aliphatic carbocycles. The molecule has 1 atom stereocenters. The second-order valence-electron chi connectivity index (χ2n) is 12.7. The highest BCUT2D eigenvalue weighted by molar-refractivity contribution is 7.79. The van der Waals surface area contributed by atoms with Crippen LogP contribution in [0.2, 0.25) is 0 Å². The number of nitrogens with one attached hydrogen (secondary N) is 1. The Morgan fingerprint density at radius 3 is 1.67 bits per heavy atom. The van der Waals surface area contributed by atoms with E-state index in [1.165, 1.54) is 57.8 Å². The molecule has 6 heteroatoms. The van der Waals surface area contributed by atoms with Crippen molar-refractivity contribution in [1.29, 1.82) is 0 Å². The van der Waals surface area contributed by atoms with E-state index in [1.807, 2.05) is 0 Å². The van der Waals surface area contributed by atoms with Crippen LogP contribution >= 0.6 is 0 Å². The van der Waals surface area contributed by atoms with E-state index in [2.05, 4.69) is 5.32 Å². The molecule has 1 aromatic rings. The maximum Gasteiger partial charge on any atom is 0.253 e. The molecular formula is C27H38N2O3S. The minimum Gasteiger partial charge on any atom is -0.347 e. The predicted octanol–water partition coefficient (Wildman–Crippen LogP) is 4.88. The van der Waals surface area contributed by atoms with E-state index in [0.29, 0.717) is 11.1 Å². The molecule has 0 aromatic heterocycles. The maximum absolute atomic E-state index is 12.7. The van der Waals surface area contributed by atoms with Crippen molar-refractivity contribution in [2.75, 3.05) is 0 Å². The first kappa shape index (κ1) is 22.2. The van der Waals surface area contributed by atoms with E-state index in [4.69, 9.17) is 5.73 Å². The normalized spacial score (nSPS) is 44.8. The number of hydrogen-bond donors (Lipinski definition) is 3. The third kappa shape index (κ3) is 4.32. The average Bonchev–Trinajstić information content (AvgIpc) is 2.71. The topological polar surface area (TPSA) is 92.4 Å². The first-order valence-electron chi connectivity index (χ1n) is 13.1. The molecule has 0 heterocycles. The lowest BCUT2D eigenvalue weighted by molar-refractivity contribution is -0.0167. The molecule has 8 saturated carbocycles. The molecule has 1 unspecified atom stereocenters. The maximum atomic E-state index is 12.7. The van der Waals surface area contributed by atoms with Gasteiger partial charge in [-0.1, -0.05) is 12.1 Å². The number of rotatable bonds is 3. The molecule has 8 bridgehead atoms. The van der Waals surface area contributed by atoms with Crippen molar-refractivity contribution in [3.05, 3.63) is 29.8 Å². The Hall–Kier alpha value is -1.24. The molecule has 1 amide bonds. The summed E-state index contributed by atoms with van der Waals surface area (Å²) in [6.45, 7) is 0. The lowest BCUT2D eigenvalue weighted by Crippen LogP contribution is -2.59. The zero-order valence-corrected chi connectivity index (χ0v) is 20.3. The third-order valence-electron chi connectivity index (χ3n) is 9.82. The molecule has 0 saturated heterocycles.